The molecular weight excluding hydrogens is 236 g/mol. The third kappa shape index (κ3) is 5.55. The van der Waals surface area contributed by atoms with Crippen molar-refractivity contribution >= 4 is 5.82 Å². The summed E-state index contributed by atoms with van der Waals surface area (Å²) >= 11 is 0. The summed E-state index contributed by atoms with van der Waals surface area (Å²) in [5.74, 6) is 1.85. The van der Waals surface area contributed by atoms with Crippen molar-refractivity contribution in [1.29, 1.82) is 0 Å². The van der Waals surface area contributed by atoms with Crippen molar-refractivity contribution in [2.45, 2.75) is 59.5 Å². The summed E-state index contributed by atoms with van der Waals surface area (Å²) < 4.78 is 0. The van der Waals surface area contributed by atoms with Crippen LogP contribution in [0.25, 0.3) is 0 Å². The number of hydrogen-bond donors (Lipinski definition) is 1. The molecule has 1 heterocycles. The molecule has 1 rings (SSSR count). The second-order valence-electron chi connectivity index (χ2n) is 5.29. The van der Waals surface area contributed by atoms with Crippen LogP contribution in [0.1, 0.15) is 51.6 Å². The average Bonchev–Trinajstić information content (AvgIpc) is 2.36. The maximum absolute atomic E-state index is 4.59. The molecule has 1 unspecified atom stereocenters. The summed E-state index contributed by atoms with van der Waals surface area (Å²) in [6.07, 6.45) is 3.53. The van der Waals surface area contributed by atoms with Gasteiger partial charge in [-0.1, -0.05) is 20.3 Å². The van der Waals surface area contributed by atoms with E-state index in [4.69, 9.17) is 0 Å². The van der Waals surface area contributed by atoms with E-state index in [9.17, 15) is 0 Å². The van der Waals surface area contributed by atoms with Crippen LogP contribution in [0.5, 0.6) is 0 Å². The zero-order valence-electron chi connectivity index (χ0n) is 13.0. The Bertz CT molecular complexity index is 378. The molecule has 108 valence electrons. The van der Waals surface area contributed by atoms with E-state index < -0.39 is 0 Å². The molecule has 0 fully saturated rings. The second kappa shape index (κ2) is 8.10. The van der Waals surface area contributed by atoms with Crippen LogP contribution in [0, 0.1) is 6.92 Å². The first-order valence-corrected chi connectivity index (χ1v) is 7.35. The largest absolute Gasteiger partial charge is 0.370 e. The quantitative estimate of drug-likeness (QED) is 0.782. The topological polar surface area (TPSA) is 41.1 Å². The van der Waals surface area contributed by atoms with Crippen molar-refractivity contribution in [1.82, 2.24) is 14.9 Å². The zero-order valence-corrected chi connectivity index (χ0v) is 13.0. The first kappa shape index (κ1) is 15.9. The van der Waals surface area contributed by atoms with Gasteiger partial charge in [0.15, 0.2) is 0 Å². The van der Waals surface area contributed by atoms with Crippen LogP contribution in [0.4, 0.5) is 5.82 Å². The van der Waals surface area contributed by atoms with Crippen LogP contribution < -0.4 is 5.32 Å². The summed E-state index contributed by atoms with van der Waals surface area (Å²) in [6.45, 7) is 10.4. The third-order valence-corrected chi connectivity index (χ3v) is 3.31. The molecule has 0 aromatic carbocycles. The van der Waals surface area contributed by atoms with Crippen molar-refractivity contribution in [2.24, 2.45) is 0 Å². The van der Waals surface area contributed by atoms with Crippen molar-refractivity contribution < 1.29 is 0 Å². The number of rotatable bonds is 8. The third-order valence-electron chi connectivity index (χ3n) is 3.31. The molecule has 0 bridgehead atoms. The van der Waals surface area contributed by atoms with E-state index in [-0.39, 0.29) is 0 Å². The highest BCUT2D eigenvalue weighted by Gasteiger charge is 2.11. The monoisotopic (exact) mass is 264 g/mol. The molecule has 1 N–H and O–H groups in total. The molecule has 0 aliphatic rings. The predicted octanol–water partition coefficient (Wildman–Crippen LogP) is 3.23. The number of nitrogens with zero attached hydrogens (tertiary/aromatic N) is 3. The minimum absolute atomic E-state index is 0.571. The molecular formula is C15H28N4. The van der Waals surface area contributed by atoms with Crippen molar-refractivity contribution in [3.8, 4) is 0 Å². The lowest BCUT2D eigenvalue weighted by atomic mass is 10.2. The fourth-order valence-corrected chi connectivity index (χ4v) is 2.06. The van der Waals surface area contributed by atoms with Gasteiger partial charge < -0.3 is 5.32 Å². The van der Waals surface area contributed by atoms with Crippen LogP contribution >= 0.6 is 0 Å². The first-order chi connectivity index (χ1) is 9.06. The number of hydrogen-bond acceptors (Lipinski definition) is 4. The van der Waals surface area contributed by atoms with E-state index in [1.807, 2.05) is 13.0 Å². The van der Waals surface area contributed by atoms with Gasteiger partial charge >= 0.3 is 0 Å². The highest BCUT2D eigenvalue weighted by molar-refractivity contribution is 5.35. The van der Waals surface area contributed by atoms with Gasteiger partial charge in [-0.25, -0.2) is 9.97 Å². The van der Waals surface area contributed by atoms with Crippen LogP contribution in [0.15, 0.2) is 6.07 Å². The molecule has 0 saturated carbocycles. The Morgan fingerprint density at radius 3 is 2.63 bits per heavy atom. The molecule has 1 atom stereocenters. The number of nitrogens with one attached hydrogen (secondary N) is 1. The highest BCUT2D eigenvalue weighted by atomic mass is 15.2. The van der Waals surface area contributed by atoms with Crippen LogP contribution in [0.2, 0.25) is 0 Å². The van der Waals surface area contributed by atoms with Crippen molar-refractivity contribution in [2.75, 3.05) is 18.9 Å². The Balaban J connectivity index is 2.69. The standard InChI is InChI=1S/C15H28N4/c1-6-8-13(4)19(5)11-15-17-12(3)10-14(18-15)16-9-7-2/h10,13H,6-9,11H2,1-5H3,(H,16,17,18). The predicted molar refractivity (Wildman–Crippen MR) is 81.4 cm³/mol. The fraction of sp³-hybridized carbons (Fsp3) is 0.733. The van der Waals surface area contributed by atoms with E-state index in [0.717, 1.165) is 36.8 Å². The Labute approximate surface area is 117 Å². The molecule has 0 aliphatic heterocycles. The van der Waals surface area contributed by atoms with Gasteiger partial charge in [0.1, 0.15) is 11.6 Å². The molecule has 0 amide bonds. The summed E-state index contributed by atoms with van der Waals surface area (Å²) in [4.78, 5) is 11.4. The Kier molecular flexibility index (Phi) is 6.78. The average molecular weight is 264 g/mol. The van der Waals surface area contributed by atoms with Gasteiger partial charge in [-0.3, -0.25) is 4.90 Å². The van der Waals surface area contributed by atoms with Gasteiger partial charge in [-0.15, -0.1) is 0 Å². The van der Waals surface area contributed by atoms with Gasteiger partial charge in [-0.05, 0) is 33.7 Å². The molecule has 0 radical (unpaired) electrons. The maximum atomic E-state index is 4.59. The second-order valence-corrected chi connectivity index (χ2v) is 5.29. The summed E-state index contributed by atoms with van der Waals surface area (Å²) in [6, 6.07) is 2.58. The van der Waals surface area contributed by atoms with E-state index >= 15 is 0 Å². The SMILES string of the molecule is CCCNc1cc(C)nc(CN(C)C(C)CCC)n1. The van der Waals surface area contributed by atoms with Gasteiger partial charge in [0, 0.05) is 24.3 Å². The molecule has 0 saturated heterocycles. The number of anilines is 1. The number of aryl methyl sites for hydroxylation is 1. The normalized spacial score (nSPS) is 12.7. The molecule has 0 spiro atoms. The lowest BCUT2D eigenvalue weighted by Gasteiger charge is -2.23. The van der Waals surface area contributed by atoms with E-state index in [2.05, 4.69) is 48.0 Å². The highest BCUT2D eigenvalue weighted by Crippen LogP contribution is 2.11. The van der Waals surface area contributed by atoms with Crippen LogP contribution in [-0.2, 0) is 6.54 Å². The van der Waals surface area contributed by atoms with E-state index in [1.165, 1.54) is 12.8 Å². The van der Waals surface area contributed by atoms with Gasteiger partial charge in [0.25, 0.3) is 0 Å². The molecule has 4 heteroatoms. The minimum Gasteiger partial charge on any atom is -0.370 e. The van der Waals surface area contributed by atoms with E-state index in [1.54, 1.807) is 0 Å². The summed E-state index contributed by atoms with van der Waals surface area (Å²) in [5, 5.41) is 3.33. The fourth-order valence-electron chi connectivity index (χ4n) is 2.06. The minimum atomic E-state index is 0.571. The molecule has 1 aromatic heterocycles. The Hall–Kier alpha value is -1.16. The van der Waals surface area contributed by atoms with Gasteiger partial charge in [0.2, 0.25) is 0 Å². The van der Waals surface area contributed by atoms with Crippen LogP contribution in [0.3, 0.4) is 0 Å². The Morgan fingerprint density at radius 2 is 2.00 bits per heavy atom. The molecule has 0 aliphatic carbocycles. The van der Waals surface area contributed by atoms with E-state index in [0.29, 0.717) is 6.04 Å². The van der Waals surface area contributed by atoms with Crippen molar-refractivity contribution in [3.05, 3.63) is 17.6 Å². The van der Waals surface area contributed by atoms with Crippen molar-refractivity contribution in [3.63, 3.8) is 0 Å². The summed E-state index contributed by atoms with van der Waals surface area (Å²) in [5.41, 5.74) is 1.03. The molecule has 1 aromatic rings. The lowest BCUT2D eigenvalue weighted by Crippen LogP contribution is -2.29. The van der Waals surface area contributed by atoms with Crippen LogP contribution in [-0.4, -0.2) is 34.5 Å². The Morgan fingerprint density at radius 1 is 1.26 bits per heavy atom. The molecule has 4 nitrogen and oxygen atoms in total. The van der Waals surface area contributed by atoms with Gasteiger partial charge in [0.05, 0.1) is 6.54 Å². The maximum Gasteiger partial charge on any atom is 0.144 e. The smallest absolute Gasteiger partial charge is 0.144 e. The van der Waals surface area contributed by atoms with Gasteiger partial charge in [-0.2, -0.15) is 0 Å². The lowest BCUT2D eigenvalue weighted by molar-refractivity contribution is 0.231. The zero-order chi connectivity index (χ0) is 14.3. The summed E-state index contributed by atoms with van der Waals surface area (Å²) in [7, 11) is 2.14. The number of aromatic nitrogens is 2. The molecule has 19 heavy (non-hydrogen) atoms. The first-order valence-electron chi connectivity index (χ1n) is 7.35.